The normalized spacial score (nSPS) is 16.1. The monoisotopic (exact) mass is 507 g/mol. The number of aryl methyl sites for hydroxylation is 3. The van der Waals surface area contributed by atoms with Crippen molar-refractivity contribution in [2.24, 2.45) is 0 Å². The van der Waals surface area contributed by atoms with Gasteiger partial charge >= 0.3 is 5.97 Å². The predicted molar refractivity (Wildman–Crippen MR) is 153 cm³/mol. The van der Waals surface area contributed by atoms with Gasteiger partial charge in [0.2, 0.25) is 0 Å². The lowest BCUT2D eigenvalue weighted by Gasteiger charge is -2.37. The molecule has 0 spiro atoms. The van der Waals surface area contributed by atoms with E-state index < -0.39 is 8.32 Å². The van der Waals surface area contributed by atoms with E-state index in [-0.39, 0.29) is 11.0 Å². The van der Waals surface area contributed by atoms with E-state index in [1.807, 2.05) is 6.08 Å². The molecule has 0 bridgehead atoms. The third-order valence-electron chi connectivity index (χ3n) is 8.09. The van der Waals surface area contributed by atoms with Crippen molar-refractivity contribution in [2.75, 3.05) is 26.8 Å². The first-order chi connectivity index (χ1) is 16.9. The molecule has 0 radical (unpaired) electrons. The molecule has 0 heterocycles. The molecule has 3 rings (SSSR count). The molecule has 1 aliphatic rings. The molecule has 0 aromatic heterocycles. The first-order valence-corrected chi connectivity index (χ1v) is 16.1. The van der Waals surface area contributed by atoms with Crippen molar-refractivity contribution in [1.29, 1.82) is 0 Å². The number of carbonyl (C=O) groups is 1. The summed E-state index contributed by atoms with van der Waals surface area (Å²) in [6, 6.07) is 13.8. The largest absolute Gasteiger partial charge is 0.466 e. The molecule has 196 valence electrons. The van der Waals surface area contributed by atoms with Crippen molar-refractivity contribution < 1.29 is 14.0 Å². The molecule has 4 nitrogen and oxygen atoms in total. The van der Waals surface area contributed by atoms with Gasteiger partial charge in [-0.2, -0.15) is 0 Å². The van der Waals surface area contributed by atoms with E-state index >= 15 is 0 Å². The molecule has 0 aliphatic heterocycles. The molecule has 0 N–H and O–H groups in total. The van der Waals surface area contributed by atoms with Gasteiger partial charge in [0, 0.05) is 31.8 Å². The number of fused-ring (bicyclic) bond motifs is 1. The van der Waals surface area contributed by atoms with Crippen LogP contribution in [0.4, 0.5) is 0 Å². The van der Waals surface area contributed by atoms with E-state index in [4.69, 9.17) is 9.16 Å². The van der Waals surface area contributed by atoms with Gasteiger partial charge in [0.05, 0.1) is 7.11 Å². The predicted octanol–water partition coefficient (Wildman–Crippen LogP) is 7.04. The van der Waals surface area contributed by atoms with Gasteiger partial charge in [-0.05, 0) is 85.1 Å². The van der Waals surface area contributed by atoms with Crippen LogP contribution in [0.2, 0.25) is 18.1 Å². The first kappa shape index (κ1) is 28.4. The fourth-order valence-electron chi connectivity index (χ4n) is 4.72. The van der Waals surface area contributed by atoms with Gasteiger partial charge in [-0.1, -0.05) is 62.7 Å². The van der Waals surface area contributed by atoms with Crippen molar-refractivity contribution >= 4 is 20.4 Å². The molecule has 2 aromatic rings. The van der Waals surface area contributed by atoms with Gasteiger partial charge in [0.15, 0.2) is 8.32 Å². The fourth-order valence-corrected chi connectivity index (χ4v) is 5.76. The van der Waals surface area contributed by atoms with Crippen LogP contribution in [0, 0.1) is 13.8 Å². The molecular formula is C31H45NO3Si. The average Bonchev–Trinajstić information content (AvgIpc) is 3.24. The number of rotatable bonds is 10. The van der Waals surface area contributed by atoms with Gasteiger partial charge < -0.3 is 9.16 Å². The van der Waals surface area contributed by atoms with Crippen LogP contribution in [0.3, 0.4) is 0 Å². The fraction of sp³-hybridized carbons (Fsp3) is 0.516. The van der Waals surface area contributed by atoms with Crippen LogP contribution in [-0.2, 0) is 26.8 Å². The Labute approximate surface area is 219 Å². The Morgan fingerprint density at radius 1 is 1.11 bits per heavy atom. The summed E-state index contributed by atoms with van der Waals surface area (Å²) < 4.78 is 11.3. The molecule has 0 saturated heterocycles. The number of carbonyl (C=O) groups excluding carboxylic acids is 1. The lowest BCUT2D eigenvalue weighted by atomic mass is 10.0. The molecule has 1 unspecified atom stereocenters. The summed E-state index contributed by atoms with van der Waals surface area (Å²) in [7, 11) is -0.383. The Kier molecular flexibility index (Phi) is 9.37. The summed E-state index contributed by atoms with van der Waals surface area (Å²) in [5.41, 5.74) is 7.97. The zero-order valence-electron chi connectivity index (χ0n) is 23.6. The van der Waals surface area contributed by atoms with E-state index in [0.717, 1.165) is 44.5 Å². The molecule has 2 aromatic carbocycles. The van der Waals surface area contributed by atoms with E-state index in [9.17, 15) is 4.79 Å². The minimum Gasteiger partial charge on any atom is -0.466 e. The summed E-state index contributed by atoms with van der Waals surface area (Å²) in [6.07, 6.45) is 6.54. The maximum Gasteiger partial charge on any atom is 0.330 e. The van der Waals surface area contributed by atoms with Crippen molar-refractivity contribution in [1.82, 2.24) is 4.90 Å². The highest BCUT2D eigenvalue weighted by molar-refractivity contribution is 6.74. The highest BCUT2D eigenvalue weighted by Crippen LogP contribution is 2.38. The maximum atomic E-state index is 11.5. The second kappa shape index (κ2) is 11.9. The number of methoxy groups -OCH3 is 1. The Morgan fingerprint density at radius 2 is 1.86 bits per heavy atom. The van der Waals surface area contributed by atoms with Crippen LogP contribution in [0.25, 0.3) is 6.08 Å². The number of hydrogen-bond donors (Lipinski definition) is 0. The number of nitrogens with zero attached hydrogens (tertiary/aromatic N) is 1. The van der Waals surface area contributed by atoms with Crippen molar-refractivity contribution in [3.63, 3.8) is 0 Å². The van der Waals surface area contributed by atoms with Gasteiger partial charge in [-0.15, -0.1) is 0 Å². The molecule has 1 aliphatic carbocycles. The second-order valence-electron chi connectivity index (χ2n) is 11.7. The van der Waals surface area contributed by atoms with Crippen molar-refractivity contribution in [2.45, 2.75) is 78.1 Å². The summed E-state index contributed by atoms with van der Waals surface area (Å²) in [6.45, 7) is 18.7. The summed E-state index contributed by atoms with van der Waals surface area (Å²) >= 11 is 0. The SMILES string of the molecule is COC(=O)C=Cc1ccc2c(c1)CCC2N(CCO[Si](C)(C)C(C)(C)C)CCc1cc(C)ccc1C. The third kappa shape index (κ3) is 7.18. The highest BCUT2D eigenvalue weighted by atomic mass is 28.4. The van der Waals surface area contributed by atoms with E-state index in [2.05, 4.69) is 89.0 Å². The quantitative estimate of drug-likeness (QED) is 0.196. The van der Waals surface area contributed by atoms with E-state index in [0.29, 0.717) is 6.04 Å². The number of benzene rings is 2. The highest BCUT2D eigenvalue weighted by Gasteiger charge is 2.37. The Hall–Kier alpha value is -2.21. The summed E-state index contributed by atoms with van der Waals surface area (Å²) in [4.78, 5) is 14.1. The second-order valence-corrected chi connectivity index (χ2v) is 16.5. The molecule has 0 amide bonds. The zero-order valence-corrected chi connectivity index (χ0v) is 24.6. The van der Waals surface area contributed by atoms with Crippen LogP contribution < -0.4 is 0 Å². The van der Waals surface area contributed by atoms with Crippen LogP contribution in [0.5, 0.6) is 0 Å². The van der Waals surface area contributed by atoms with Crippen LogP contribution >= 0.6 is 0 Å². The lowest BCUT2D eigenvalue weighted by molar-refractivity contribution is -0.134. The molecule has 36 heavy (non-hydrogen) atoms. The molecule has 1 atom stereocenters. The molecule has 0 saturated carbocycles. The Morgan fingerprint density at radius 3 is 2.56 bits per heavy atom. The van der Waals surface area contributed by atoms with Gasteiger partial charge in [-0.3, -0.25) is 4.90 Å². The molecule has 0 fully saturated rings. The molecule has 5 heteroatoms. The number of ether oxygens (including phenoxy) is 1. The maximum absolute atomic E-state index is 11.5. The Bertz CT molecular complexity index is 1080. The first-order valence-electron chi connectivity index (χ1n) is 13.2. The van der Waals surface area contributed by atoms with Crippen molar-refractivity contribution in [3.05, 3.63) is 75.9 Å². The summed E-state index contributed by atoms with van der Waals surface area (Å²) in [5, 5.41) is 0.213. The third-order valence-corrected chi connectivity index (χ3v) is 12.6. The van der Waals surface area contributed by atoms with Gasteiger partial charge in [0.25, 0.3) is 0 Å². The van der Waals surface area contributed by atoms with Crippen LogP contribution in [0.1, 0.15) is 66.6 Å². The van der Waals surface area contributed by atoms with E-state index in [1.54, 1.807) is 0 Å². The standard InChI is InChI=1S/C31H45NO3Si/c1-23-9-10-24(2)26(21-23)17-18-32(19-20-35-36(7,8)31(3,4)5)29-15-13-27-22-25(11-14-28(27)29)12-16-30(33)34-6/h9-12,14,16,21-22,29H,13,15,17-20H2,1-8H3. The minimum atomic E-state index is -1.79. The Balaban J connectivity index is 1.78. The zero-order chi connectivity index (χ0) is 26.5. The topological polar surface area (TPSA) is 38.8 Å². The smallest absolute Gasteiger partial charge is 0.330 e. The van der Waals surface area contributed by atoms with Crippen molar-refractivity contribution in [3.8, 4) is 0 Å². The number of esters is 1. The number of hydrogen-bond acceptors (Lipinski definition) is 4. The lowest BCUT2D eigenvalue weighted by Crippen LogP contribution is -2.43. The van der Waals surface area contributed by atoms with E-state index in [1.165, 1.54) is 41.0 Å². The molecular weight excluding hydrogens is 462 g/mol. The van der Waals surface area contributed by atoms with Crippen LogP contribution in [-0.4, -0.2) is 46.0 Å². The minimum absolute atomic E-state index is 0.213. The summed E-state index contributed by atoms with van der Waals surface area (Å²) in [5.74, 6) is -0.326. The average molecular weight is 508 g/mol. The van der Waals surface area contributed by atoms with Gasteiger partial charge in [0.1, 0.15) is 0 Å². The van der Waals surface area contributed by atoms with Crippen LogP contribution in [0.15, 0.2) is 42.5 Å². The van der Waals surface area contributed by atoms with Gasteiger partial charge in [-0.25, -0.2) is 4.79 Å².